The van der Waals surface area contributed by atoms with Gasteiger partial charge in [0.25, 0.3) is 11.8 Å². The van der Waals surface area contributed by atoms with Crippen LogP contribution in [-0.4, -0.2) is 75.6 Å². The van der Waals surface area contributed by atoms with Crippen LogP contribution in [0.4, 0.5) is 4.39 Å². The molecule has 262 valence electrons. The van der Waals surface area contributed by atoms with Crippen molar-refractivity contribution in [1.82, 2.24) is 5.06 Å². The fourth-order valence-electron chi connectivity index (χ4n) is 10.8. The number of hydrogen-bond donors (Lipinski definition) is 1. The molecule has 0 aromatic carbocycles. The van der Waals surface area contributed by atoms with Gasteiger partial charge >= 0.3 is 11.9 Å². The third kappa shape index (κ3) is 4.79. The summed E-state index contributed by atoms with van der Waals surface area (Å²) in [5.41, 5.74) is -4.01. The molecule has 2 saturated heterocycles. The third-order valence-corrected chi connectivity index (χ3v) is 13.1. The van der Waals surface area contributed by atoms with Gasteiger partial charge in [-0.15, -0.1) is 5.06 Å². The molecule has 0 spiro atoms. The predicted molar refractivity (Wildman–Crippen MR) is 165 cm³/mol. The number of alkyl halides is 1. The average Bonchev–Trinajstić information content (AvgIpc) is 3.57. The van der Waals surface area contributed by atoms with E-state index in [2.05, 4.69) is 0 Å². The number of ketones is 1. The van der Waals surface area contributed by atoms with Crippen LogP contribution in [0, 0.1) is 34.5 Å². The van der Waals surface area contributed by atoms with Crippen LogP contribution in [-0.2, 0) is 43.0 Å². The molecule has 2 heterocycles. The minimum absolute atomic E-state index is 0.00520. The van der Waals surface area contributed by atoms with Gasteiger partial charge in [0.05, 0.1) is 30.7 Å². The van der Waals surface area contributed by atoms with E-state index in [1.54, 1.807) is 13.0 Å². The molecule has 2 amide bonds. The van der Waals surface area contributed by atoms with Gasteiger partial charge in [-0.3, -0.25) is 19.2 Å². The zero-order chi connectivity index (χ0) is 34.4. The first-order valence-electron chi connectivity index (χ1n) is 17.5. The molecule has 0 radical (unpaired) electrons. The Kier molecular flexibility index (Phi) is 7.88. The lowest BCUT2D eigenvalue weighted by Crippen LogP contribution is -2.68. The summed E-state index contributed by atoms with van der Waals surface area (Å²) in [5.74, 6) is -5.23. The number of ether oxygens (including phenoxy) is 3. The maximum absolute atomic E-state index is 17.7. The molecular weight excluding hydrogens is 625 g/mol. The largest absolute Gasteiger partial charge is 0.465 e. The second-order valence-corrected chi connectivity index (χ2v) is 16.0. The molecule has 11 nitrogen and oxygen atoms in total. The maximum atomic E-state index is 17.7. The minimum Gasteiger partial charge on any atom is -0.465 e. The van der Waals surface area contributed by atoms with E-state index in [-0.39, 0.29) is 50.4 Å². The first kappa shape index (κ1) is 33.5. The number of imide groups is 1. The number of carbonyl (C=O) groups is 5. The van der Waals surface area contributed by atoms with Crippen molar-refractivity contribution >= 4 is 29.5 Å². The van der Waals surface area contributed by atoms with Gasteiger partial charge in [0, 0.05) is 36.0 Å². The van der Waals surface area contributed by atoms with Crippen molar-refractivity contribution < 1.29 is 52.5 Å². The monoisotopic (exact) mass is 671 g/mol. The fourth-order valence-corrected chi connectivity index (χ4v) is 10.8. The van der Waals surface area contributed by atoms with Crippen molar-refractivity contribution in [3.05, 3.63) is 23.8 Å². The summed E-state index contributed by atoms with van der Waals surface area (Å²) >= 11 is 0. The van der Waals surface area contributed by atoms with E-state index in [0.29, 0.717) is 43.6 Å². The van der Waals surface area contributed by atoms with Crippen molar-refractivity contribution in [2.24, 2.45) is 34.5 Å². The number of nitrogens with zero attached hydrogens (tertiary/aromatic N) is 1. The maximum Gasteiger partial charge on any atom is 0.336 e. The summed E-state index contributed by atoms with van der Waals surface area (Å²) in [6, 6.07) is 0. The lowest BCUT2D eigenvalue weighted by molar-refractivity contribution is -0.252. The number of allylic oxidation sites excluding steroid dienone is 4. The van der Waals surface area contributed by atoms with Gasteiger partial charge in [-0.1, -0.05) is 25.0 Å². The number of fused-ring (bicyclic) bond motifs is 7. The van der Waals surface area contributed by atoms with Crippen molar-refractivity contribution in [2.75, 3.05) is 6.61 Å². The number of aliphatic hydroxyl groups is 1. The predicted octanol–water partition coefficient (Wildman–Crippen LogP) is 4.20. The summed E-state index contributed by atoms with van der Waals surface area (Å²) in [5, 5.41) is 12.3. The Bertz CT molecular complexity index is 1490. The van der Waals surface area contributed by atoms with E-state index in [9.17, 15) is 29.1 Å². The zero-order valence-corrected chi connectivity index (χ0v) is 28.1. The molecule has 48 heavy (non-hydrogen) atoms. The highest BCUT2D eigenvalue weighted by atomic mass is 19.1. The zero-order valence-electron chi connectivity index (χ0n) is 28.1. The molecule has 10 atom stereocenters. The van der Waals surface area contributed by atoms with Gasteiger partial charge in [0.1, 0.15) is 5.60 Å². The van der Waals surface area contributed by atoms with E-state index in [4.69, 9.17) is 19.0 Å². The summed E-state index contributed by atoms with van der Waals surface area (Å²) in [7, 11) is 0. The number of hydroxylamine groups is 2. The van der Waals surface area contributed by atoms with Gasteiger partial charge in [0.2, 0.25) is 0 Å². The number of halogens is 1. The van der Waals surface area contributed by atoms with Crippen molar-refractivity contribution in [3.8, 4) is 0 Å². The van der Waals surface area contributed by atoms with Crippen LogP contribution in [0.3, 0.4) is 0 Å². The van der Waals surface area contributed by atoms with Crippen LogP contribution >= 0.6 is 0 Å². The Balaban J connectivity index is 1.06. The number of aliphatic hydroxyl groups excluding tert-OH is 1. The van der Waals surface area contributed by atoms with Crippen LogP contribution < -0.4 is 0 Å². The smallest absolute Gasteiger partial charge is 0.336 e. The fraction of sp³-hybridized carbons (Fsp3) is 0.750. The Hall–Kier alpha value is -2.96. The molecule has 0 aromatic rings. The highest BCUT2D eigenvalue weighted by Crippen LogP contribution is 2.72. The Morgan fingerprint density at radius 1 is 0.979 bits per heavy atom. The molecule has 7 aliphatic rings. The molecule has 2 unspecified atom stereocenters. The summed E-state index contributed by atoms with van der Waals surface area (Å²) < 4.78 is 36.7. The Morgan fingerprint density at radius 2 is 1.67 bits per heavy atom. The SMILES string of the molecule is CC1(C)O[C@@H]2C[C@H]3[C@@H]4CCC5=CC(=O)C=C[C@]5(C)[C@@]4(F)[C@@H](O)C[C@]3(C)[C@]2(CCOC(=O)C2CCCC(C(=O)ON3C(=O)CCC3=O)C2)O1. The van der Waals surface area contributed by atoms with E-state index < -0.39 is 81.6 Å². The van der Waals surface area contributed by atoms with Gasteiger partial charge < -0.3 is 24.2 Å². The molecule has 6 fully saturated rings. The highest BCUT2D eigenvalue weighted by Gasteiger charge is 2.78. The van der Waals surface area contributed by atoms with Crippen LogP contribution in [0.25, 0.3) is 0 Å². The summed E-state index contributed by atoms with van der Waals surface area (Å²) in [6.45, 7) is 7.53. The molecule has 0 aromatic heterocycles. The van der Waals surface area contributed by atoms with E-state index in [1.165, 1.54) is 12.2 Å². The Labute approximate surface area is 279 Å². The quantitative estimate of drug-likeness (QED) is 0.322. The minimum atomic E-state index is -1.98. The number of esters is 1. The van der Waals surface area contributed by atoms with E-state index >= 15 is 4.39 Å². The lowest BCUT2D eigenvalue weighted by Gasteiger charge is -2.63. The third-order valence-electron chi connectivity index (χ3n) is 13.1. The number of amides is 2. The number of hydrogen-bond acceptors (Lipinski definition) is 10. The summed E-state index contributed by atoms with van der Waals surface area (Å²) in [6.07, 6.45) is 6.63. The molecule has 12 heteroatoms. The van der Waals surface area contributed by atoms with Gasteiger partial charge in [-0.05, 0) is 83.8 Å². The molecule has 0 bridgehead atoms. The van der Waals surface area contributed by atoms with Crippen LogP contribution in [0.1, 0.15) is 98.3 Å². The second kappa shape index (κ2) is 11.3. The van der Waals surface area contributed by atoms with E-state index in [0.717, 1.165) is 5.57 Å². The molecule has 1 N–H and O–H groups in total. The van der Waals surface area contributed by atoms with Crippen molar-refractivity contribution in [2.45, 2.75) is 128 Å². The first-order chi connectivity index (χ1) is 22.5. The van der Waals surface area contributed by atoms with Crippen LogP contribution in [0.2, 0.25) is 0 Å². The summed E-state index contributed by atoms with van der Waals surface area (Å²) in [4.78, 5) is 67.3. The first-order valence-corrected chi connectivity index (χ1v) is 17.5. The average molecular weight is 672 g/mol. The number of rotatable bonds is 6. The molecular formula is C36H46FNO10. The topological polar surface area (TPSA) is 146 Å². The molecule has 4 saturated carbocycles. The van der Waals surface area contributed by atoms with Gasteiger partial charge in [-0.2, -0.15) is 0 Å². The highest BCUT2D eigenvalue weighted by molar-refractivity contribution is 6.02. The number of carbonyl (C=O) groups excluding carboxylic acids is 5. The molecule has 7 rings (SSSR count). The lowest BCUT2D eigenvalue weighted by atomic mass is 9.44. The van der Waals surface area contributed by atoms with Crippen LogP contribution in [0.5, 0.6) is 0 Å². The standard InChI is InChI=1S/C36H46FNO10/c1-32(2)46-27-18-25-24-9-8-22-17-23(39)12-13-33(22,3)36(24,37)26(40)19-34(25,4)35(27,48-32)14-15-45-30(43)20-6-5-7-21(16-20)31(44)47-38-28(41)10-11-29(38)42/h12-13,17,20-21,24-27,40H,5-11,14-16,18-19H2,1-4H3/t20?,21?,24-,25-,26-,27+,33-,34-,35+,36-/m0/s1. The molecule has 2 aliphatic heterocycles. The second-order valence-electron chi connectivity index (χ2n) is 16.0. The van der Waals surface area contributed by atoms with Gasteiger partial charge in [0.15, 0.2) is 17.2 Å². The van der Waals surface area contributed by atoms with Crippen molar-refractivity contribution in [1.29, 1.82) is 0 Å². The van der Waals surface area contributed by atoms with Gasteiger partial charge in [-0.25, -0.2) is 9.18 Å². The van der Waals surface area contributed by atoms with Crippen molar-refractivity contribution in [3.63, 3.8) is 0 Å². The van der Waals surface area contributed by atoms with E-state index in [1.807, 2.05) is 20.8 Å². The van der Waals surface area contributed by atoms with Crippen LogP contribution in [0.15, 0.2) is 23.8 Å². The molecule has 5 aliphatic carbocycles. The Morgan fingerprint density at radius 3 is 2.38 bits per heavy atom. The normalized spacial score (nSPS) is 44.4.